The van der Waals surface area contributed by atoms with Crippen LogP contribution in [0, 0.1) is 96.6 Å². The Hall–Kier alpha value is -1.47. The second-order valence-electron chi connectivity index (χ2n) is 33.2. The molecule has 8 saturated carbocycles. The van der Waals surface area contributed by atoms with E-state index in [0.29, 0.717) is 35.0 Å². The summed E-state index contributed by atoms with van der Waals surface area (Å²) in [5.41, 5.74) is -8.42. The molecule has 8 aliphatic rings. The van der Waals surface area contributed by atoms with Crippen molar-refractivity contribution in [2.45, 2.75) is 342 Å². The second-order valence-corrected chi connectivity index (χ2v) is 33.2. The highest BCUT2D eigenvalue weighted by molar-refractivity contribution is 5.02. The molecule has 0 heterocycles. The molecule has 5 atom stereocenters. The molecule has 0 amide bonds. The molecule has 0 aromatic heterocycles. The Morgan fingerprint density at radius 2 is 0.733 bits per heavy atom. The van der Waals surface area contributed by atoms with Crippen molar-refractivity contribution in [2.75, 3.05) is 0 Å². The van der Waals surface area contributed by atoms with E-state index in [1.807, 2.05) is 6.92 Å². The molecule has 8 fully saturated rings. The van der Waals surface area contributed by atoms with Crippen molar-refractivity contribution in [1.29, 1.82) is 0 Å². The first-order chi connectivity index (χ1) is 39.9. The molecule has 0 nitrogen and oxygen atoms in total. The van der Waals surface area contributed by atoms with Crippen molar-refractivity contribution < 1.29 is 92.2 Å². The van der Waals surface area contributed by atoms with Gasteiger partial charge < -0.3 is 0 Å². The first kappa shape index (κ1) is 88.5. The van der Waals surface area contributed by atoms with Gasteiger partial charge >= 0.3 is 43.2 Å². The maximum Gasteiger partial charge on any atom is 0.403 e. The summed E-state index contributed by atoms with van der Waals surface area (Å²) in [6.45, 7) is 42.4. The Morgan fingerprint density at radius 1 is 0.389 bits per heavy atom. The maximum atomic E-state index is 13.0. The van der Waals surface area contributed by atoms with Crippen LogP contribution in [0.4, 0.5) is 92.2 Å². The topological polar surface area (TPSA) is 0 Å². The van der Waals surface area contributed by atoms with E-state index >= 15 is 0 Å². The predicted octanol–water partition coefficient (Wildman–Crippen LogP) is 28.5. The largest absolute Gasteiger partial charge is 0.403 e. The summed E-state index contributed by atoms with van der Waals surface area (Å²) in [7, 11) is 0. The monoisotopic (exact) mass is 1350 g/mol. The number of alkyl halides is 21. The fraction of sp³-hybridized carbons (Fsp3) is 1.00. The Kier molecular flexibility index (Phi) is 32.6. The summed E-state index contributed by atoms with van der Waals surface area (Å²) < 4.78 is 266. The third kappa shape index (κ3) is 26.2. The summed E-state index contributed by atoms with van der Waals surface area (Å²) >= 11 is 0. The average molecular weight is 1350 g/mol. The summed E-state index contributed by atoms with van der Waals surface area (Å²) in [5, 5.41) is 0. The fourth-order valence-electron chi connectivity index (χ4n) is 13.0. The van der Waals surface area contributed by atoms with Gasteiger partial charge in [-0.1, -0.05) is 183 Å². The lowest BCUT2D eigenvalue weighted by Gasteiger charge is -2.49. The second kappa shape index (κ2) is 33.2. The van der Waals surface area contributed by atoms with Gasteiger partial charge in [-0.2, -0.15) is 92.2 Å². The molecule has 90 heavy (non-hydrogen) atoms. The van der Waals surface area contributed by atoms with Crippen LogP contribution in [0.3, 0.4) is 0 Å². The van der Waals surface area contributed by atoms with E-state index in [2.05, 4.69) is 111 Å². The maximum absolute atomic E-state index is 13.0. The lowest BCUT2D eigenvalue weighted by molar-refractivity contribution is -0.364. The van der Waals surface area contributed by atoms with Crippen LogP contribution in [0.15, 0.2) is 0 Å². The molecule has 8 rings (SSSR count). The normalized spacial score (nSPS) is 28.3. The lowest BCUT2D eigenvalue weighted by atomic mass is 9.57. The molecule has 0 saturated heterocycles. The Balaban J connectivity index is 0.00000104. The van der Waals surface area contributed by atoms with Crippen LogP contribution < -0.4 is 0 Å². The van der Waals surface area contributed by atoms with Gasteiger partial charge in [0.25, 0.3) is 0 Å². The average Bonchev–Trinajstić information content (AvgIpc) is 0.766. The van der Waals surface area contributed by atoms with E-state index in [0.717, 1.165) is 68.6 Å². The molecule has 0 aliphatic heterocycles. The van der Waals surface area contributed by atoms with Gasteiger partial charge in [-0.05, 0) is 190 Å². The third-order valence-corrected chi connectivity index (χ3v) is 22.2. The van der Waals surface area contributed by atoms with E-state index < -0.39 is 103 Å². The van der Waals surface area contributed by atoms with E-state index in [1.165, 1.54) is 38.5 Å². The SMILES string of the molecule is CC(C)(C)C.CC(C)C(C)(C)C.CC1CCC(C(F)(F)F)(C(F)(F)F)CC1.CC1CCC2(CC1)CCC(C(F)(F)F)(C(F)(F)F)CC2.CC1CCCC(C(F)(F)F)C1C.CC1CCCCC1(C(F)(F)F)C(F)(F)F.CCC(C)(C)C.C[C@H]1CC2CCC1(C)CC2. The molecule has 0 radical (unpaired) electrons. The molecule has 0 N–H and O–H groups in total. The molecule has 2 bridgehead atoms. The van der Waals surface area contributed by atoms with Crippen molar-refractivity contribution in [1.82, 2.24) is 0 Å². The molecule has 542 valence electrons. The molecule has 1 spiro atoms. The highest BCUT2D eigenvalue weighted by atomic mass is 19.4. The molecule has 0 aromatic rings. The Labute approximate surface area is 529 Å². The molecule has 4 unspecified atom stereocenters. The first-order valence-corrected chi connectivity index (χ1v) is 33.3. The molecule has 21 heteroatoms. The zero-order valence-corrected chi connectivity index (χ0v) is 58.3. The Bertz CT molecular complexity index is 1910. The van der Waals surface area contributed by atoms with Crippen LogP contribution in [0.2, 0.25) is 0 Å². The highest BCUT2D eigenvalue weighted by Gasteiger charge is 2.74. The van der Waals surface area contributed by atoms with Gasteiger partial charge in [0.2, 0.25) is 0 Å². The summed E-state index contributed by atoms with van der Waals surface area (Å²) in [6.07, 6.45) is -24.5. The van der Waals surface area contributed by atoms with Crippen LogP contribution in [-0.2, 0) is 0 Å². The lowest BCUT2D eigenvalue weighted by Crippen LogP contribution is -2.55. The van der Waals surface area contributed by atoms with E-state index in [4.69, 9.17) is 0 Å². The smallest absolute Gasteiger partial charge is 0.171 e. The zero-order valence-electron chi connectivity index (χ0n) is 58.3. The van der Waals surface area contributed by atoms with E-state index in [-0.39, 0.29) is 61.7 Å². The van der Waals surface area contributed by atoms with Crippen molar-refractivity contribution in [3.05, 3.63) is 0 Å². The van der Waals surface area contributed by atoms with Crippen LogP contribution >= 0.6 is 0 Å². The number of hydrogen-bond acceptors (Lipinski definition) is 0. The van der Waals surface area contributed by atoms with Crippen LogP contribution in [0.1, 0.15) is 299 Å². The van der Waals surface area contributed by atoms with Crippen molar-refractivity contribution in [2.24, 2.45) is 96.6 Å². The molecule has 8 aliphatic carbocycles. The van der Waals surface area contributed by atoms with Gasteiger partial charge in [0.15, 0.2) is 16.2 Å². The minimum absolute atomic E-state index is 0.0106. The quantitative estimate of drug-likeness (QED) is 0.212. The molecular formula is C69H119F21. The van der Waals surface area contributed by atoms with Gasteiger partial charge in [0.05, 0.1) is 5.92 Å². The number of hydrogen-bond donors (Lipinski definition) is 0. The summed E-state index contributed by atoms with van der Waals surface area (Å²) in [4.78, 5) is 0. The number of rotatable bonds is 0. The van der Waals surface area contributed by atoms with Gasteiger partial charge in [-0.15, -0.1) is 0 Å². The summed E-state index contributed by atoms with van der Waals surface area (Å²) in [5.74, 6) is 1.00. The van der Waals surface area contributed by atoms with Crippen molar-refractivity contribution in [3.63, 3.8) is 0 Å². The molecular weight excluding hydrogens is 1230 g/mol. The van der Waals surface area contributed by atoms with Gasteiger partial charge in [0, 0.05) is 0 Å². The molecule has 0 aromatic carbocycles. The fourth-order valence-corrected chi connectivity index (χ4v) is 13.0. The Morgan fingerprint density at radius 3 is 0.978 bits per heavy atom. The highest BCUT2D eigenvalue weighted by Crippen LogP contribution is 2.65. The van der Waals surface area contributed by atoms with Crippen LogP contribution in [0.25, 0.3) is 0 Å². The number of halogens is 21. The van der Waals surface area contributed by atoms with Gasteiger partial charge in [-0.3, -0.25) is 0 Å². The minimum Gasteiger partial charge on any atom is -0.171 e. The minimum atomic E-state index is -5.20. The first-order valence-electron chi connectivity index (χ1n) is 33.3. The zero-order chi connectivity index (χ0) is 71.4. The van der Waals surface area contributed by atoms with Crippen molar-refractivity contribution in [3.8, 4) is 0 Å². The van der Waals surface area contributed by atoms with Crippen LogP contribution in [0.5, 0.6) is 0 Å². The standard InChI is InChI=1S/C14H20F6.C10H18.2C9H12F6.C9H15F3.C7H16.C6H14.C5H12/c1-10-2-4-11(5-3-10)6-8-12(9-7-11,13(15,16)17)14(18,19)20;1-8-7-9-3-5-10(8,2)6-4-9;1-6-2-4-7(5-3-6,8(10,11)12)9(13,14)15;1-6-4-2-3-5-7(6,8(10,11)12)9(13,14)15;1-6-4-3-5-8(7(6)2)9(10,11)12;1-6(2)7(3,4)5;1-5-6(2,3)4;1-5(2,3)4/h10H,2-9H2,1H3;8-9H,3-7H2,1-2H3;2*6H,2-5H2,1H3;6-8H,3-5H2,1-2H3;6H,1-5H3;5H2,1-4H3;1-4H3/t;8-,9?,10?;;;;;;/m.0....../s1. The summed E-state index contributed by atoms with van der Waals surface area (Å²) in [6, 6.07) is 0. The van der Waals surface area contributed by atoms with Crippen molar-refractivity contribution >= 4 is 0 Å². The van der Waals surface area contributed by atoms with Crippen LogP contribution in [-0.4, -0.2) is 43.2 Å². The van der Waals surface area contributed by atoms with E-state index in [1.54, 1.807) is 13.8 Å². The van der Waals surface area contributed by atoms with Gasteiger partial charge in [-0.25, -0.2) is 0 Å². The third-order valence-electron chi connectivity index (χ3n) is 22.2. The predicted molar refractivity (Wildman–Crippen MR) is 322 cm³/mol. The van der Waals surface area contributed by atoms with Gasteiger partial charge in [0.1, 0.15) is 0 Å². The number of fused-ring (bicyclic) bond motifs is 3. The van der Waals surface area contributed by atoms with E-state index in [9.17, 15) is 92.2 Å².